The van der Waals surface area contributed by atoms with E-state index in [9.17, 15) is 12.8 Å². The molecule has 0 bridgehead atoms. The van der Waals surface area contributed by atoms with Crippen LogP contribution in [0.1, 0.15) is 12.0 Å². The maximum Gasteiger partial charge on any atom is 0.165 e. The lowest BCUT2D eigenvalue weighted by Crippen LogP contribution is -2.08. The van der Waals surface area contributed by atoms with Crippen molar-refractivity contribution in [2.75, 3.05) is 18.6 Å². The van der Waals surface area contributed by atoms with E-state index in [2.05, 4.69) is 0 Å². The fourth-order valence-electron chi connectivity index (χ4n) is 1.29. The van der Waals surface area contributed by atoms with Crippen molar-refractivity contribution in [3.63, 3.8) is 0 Å². The number of sulfone groups is 1. The maximum atomic E-state index is 13.4. The molecule has 0 spiro atoms. The molecule has 0 amide bonds. The van der Waals surface area contributed by atoms with Crippen LogP contribution in [-0.2, 0) is 16.4 Å². The summed E-state index contributed by atoms with van der Waals surface area (Å²) in [4.78, 5) is 0. The Hall–Kier alpha value is -1.14. The zero-order chi connectivity index (χ0) is 12.9. The second-order valence-corrected chi connectivity index (χ2v) is 6.06. The molecular formula is C11H16FNO3S. The van der Waals surface area contributed by atoms with Gasteiger partial charge < -0.3 is 10.5 Å². The molecule has 0 heterocycles. The molecule has 0 aliphatic carbocycles. The highest BCUT2D eigenvalue weighted by Crippen LogP contribution is 2.18. The lowest BCUT2D eigenvalue weighted by molar-refractivity contribution is 0.301. The van der Waals surface area contributed by atoms with E-state index in [0.29, 0.717) is 12.0 Å². The molecule has 0 saturated heterocycles. The quantitative estimate of drug-likeness (QED) is 0.778. The van der Waals surface area contributed by atoms with Gasteiger partial charge >= 0.3 is 0 Å². The first-order valence-electron chi connectivity index (χ1n) is 5.21. The van der Waals surface area contributed by atoms with Crippen molar-refractivity contribution < 1.29 is 17.5 Å². The van der Waals surface area contributed by atoms with Crippen molar-refractivity contribution in [1.82, 2.24) is 0 Å². The SMILES string of the molecule is CS(=O)(=O)CCCOc1ccc(CN)cc1F. The second kappa shape index (κ2) is 5.97. The van der Waals surface area contributed by atoms with Crippen LogP contribution >= 0.6 is 0 Å². The van der Waals surface area contributed by atoms with Gasteiger partial charge in [-0.25, -0.2) is 12.8 Å². The molecular weight excluding hydrogens is 245 g/mol. The van der Waals surface area contributed by atoms with Gasteiger partial charge in [-0.1, -0.05) is 6.07 Å². The van der Waals surface area contributed by atoms with E-state index in [1.165, 1.54) is 12.1 Å². The van der Waals surface area contributed by atoms with E-state index in [-0.39, 0.29) is 24.7 Å². The van der Waals surface area contributed by atoms with Crippen molar-refractivity contribution in [1.29, 1.82) is 0 Å². The van der Waals surface area contributed by atoms with E-state index >= 15 is 0 Å². The maximum absolute atomic E-state index is 13.4. The minimum atomic E-state index is -2.99. The summed E-state index contributed by atoms with van der Waals surface area (Å²) in [5, 5.41) is 0. The number of hydrogen-bond acceptors (Lipinski definition) is 4. The Morgan fingerprint density at radius 3 is 2.65 bits per heavy atom. The Labute approximate surface area is 101 Å². The summed E-state index contributed by atoms with van der Waals surface area (Å²) in [6.45, 7) is 0.442. The van der Waals surface area contributed by atoms with Crippen LogP contribution in [0.4, 0.5) is 4.39 Å². The first kappa shape index (κ1) is 13.9. The summed E-state index contributed by atoms with van der Waals surface area (Å²) >= 11 is 0. The van der Waals surface area contributed by atoms with Crippen LogP contribution in [-0.4, -0.2) is 27.0 Å². The number of ether oxygens (including phenoxy) is 1. The predicted molar refractivity (Wildman–Crippen MR) is 64.1 cm³/mol. The predicted octanol–water partition coefficient (Wildman–Crippen LogP) is 1.10. The molecule has 0 aliphatic heterocycles. The Bertz CT molecular complexity index is 474. The first-order valence-corrected chi connectivity index (χ1v) is 7.27. The fraction of sp³-hybridized carbons (Fsp3) is 0.455. The highest BCUT2D eigenvalue weighted by molar-refractivity contribution is 7.90. The second-order valence-electron chi connectivity index (χ2n) is 3.80. The molecule has 1 aromatic carbocycles. The van der Waals surface area contributed by atoms with Crippen LogP contribution in [0.3, 0.4) is 0 Å². The van der Waals surface area contributed by atoms with Gasteiger partial charge in [-0.05, 0) is 24.1 Å². The van der Waals surface area contributed by atoms with E-state index in [4.69, 9.17) is 10.5 Å². The summed E-state index contributed by atoms with van der Waals surface area (Å²) in [7, 11) is -2.99. The minimum absolute atomic E-state index is 0.0372. The van der Waals surface area contributed by atoms with Crippen molar-refractivity contribution in [2.24, 2.45) is 5.73 Å². The molecule has 0 unspecified atom stereocenters. The Morgan fingerprint density at radius 1 is 1.41 bits per heavy atom. The molecule has 1 rings (SSSR count). The molecule has 1 aromatic rings. The van der Waals surface area contributed by atoms with E-state index in [1.54, 1.807) is 6.07 Å². The van der Waals surface area contributed by atoms with Gasteiger partial charge in [0.15, 0.2) is 11.6 Å². The van der Waals surface area contributed by atoms with Gasteiger partial charge in [-0.2, -0.15) is 0 Å². The minimum Gasteiger partial charge on any atom is -0.490 e. The number of benzene rings is 1. The number of hydrogen-bond donors (Lipinski definition) is 1. The van der Waals surface area contributed by atoms with Gasteiger partial charge in [0.25, 0.3) is 0 Å². The number of halogens is 1. The van der Waals surface area contributed by atoms with Crippen molar-refractivity contribution in [3.8, 4) is 5.75 Å². The number of nitrogens with two attached hydrogens (primary N) is 1. The van der Waals surface area contributed by atoms with Gasteiger partial charge in [0.05, 0.1) is 12.4 Å². The van der Waals surface area contributed by atoms with Gasteiger partial charge in [0.2, 0.25) is 0 Å². The molecule has 0 fully saturated rings. The normalized spacial score (nSPS) is 11.5. The third-order valence-corrected chi connectivity index (χ3v) is 3.18. The molecule has 2 N–H and O–H groups in total. The van der Waals surface area contributed by atoms with Gasteiger partial charge in [0.1, 0.15) is 9.84 Å². The van der Waals surface area contributed by atoms with Crippen LogP contribution in [0.5, 0.6) is 5.75 Å². The van der Waals surface area contributed by atoms with Gasteiger partial charge in [-0.3, -0.25) is 0 Å². The van der Waals surface area contributed by atoms with Crippen molar-refractivity contribution in [2.45, 2.75) is 13.0 Å². The topological polar surface area (TPSA) is 69.4 Å². The summed E-state index contributed by atoms with van der Waals surface area (Å²) in [6.07, 6.45) is 1.50. The lowest BCUT2D eigenvalue weighted by Gasteiger charge is -2.07. The van der Waals surface area contributed by atoms with Crippen LogP contribution in [0, 0.1) is 5.82 Å². The molecule has 0 aliphatic rings. The van der Waals surface area contributed by atoms with E-state index in [0.717, 1.165) is 6.26 Å². The standard InChI is InChI=1S/C11H16FNO3S/c1-17(14,15)6-2-5-16-11-4-3-9(8-13)7-10(11)12/h3-4,7H,2,5-6,8,13H2,1H3. The zero-order valence-corrected chi connectivity index (χ0v) is 10.5. The summed E-state index contributed by atoms with van der Waals surface area (Å²) in [6, 6.07) is 4.48. The zero-order valence-electron chi connectivity index (χ0n) is 9.65. The largest absolute Gasteiger partial charge is 0.490 e. The lowest BCUT2D eigenvalue weighted by atomic mass is 10.2. The molecule has 17 heavy (non-hydrogen) atoms. The number of rotatable bonds is 6. The fourth-order valence-corrected chi connectivity index (χ4v) is 1.93. The van der Waals surface area contributed by atoms with Crippen LogP contribution in [0.15, 0.2) is 18.2 Å². The van der Waals surface area contributed by atoms with Crippen LogP contribution < -0.4 is 10.5 Å². The molecule has 0 aromatic heterocycles. The summed E-state index contributed by atoms with van der Waals surface area (Å²) in [5.41, 5.74) is 6.05. The first-order chi connectivity index (χ1) is 7.92. The molecule has 0 radical (unpaired) electrons. The Kier molecular flexibility index (Phi) is 4.89. The van der Waals surface area contributed by atoms with Gasteiger partial charge in [0, 0.05) is 12.8 Å². The average Bonchev–Trinajstić information content (AvgIpc) is 2.24. The molecule has 0 atom stereocenters. The molecule has 6 heteroatoms. The Balaban J connectivity index is 2.47. The smallest absolute Gasteiger partial charge is 0.165 e. The van der Waals surface area contributed by atoms with Crippen LogP contribution in [0.2, 0.25) is 0 Å². The van der Waals surface area contributed by atoms with Crippen LogP contribution in [0.25, 0.3) is 0 Å². The van der Waals surface area contributed by atoms with Crippen molar-refractivity contribution in [3.05, 3.63) is 29.6 Å². The third-order valence-electron chi connectivity index (χ3n) is 2.15. The molecule has 96 valence electrons. The van der Waals surface area contributed by atoms with Crippen molar-refractivity contribution >= 4 is 9.84 Å². The third kappa shape index (κ3) is 5.14. The monoisotopic (exact) mass is 261 g/mol. The Morgan fingerprint density at radius 2 is 2.12 bits per heavy atom. The van der Waals surface area contributed by atoms with E-state index < -0.39 is 15.7 Å². The molecule has 0 saturated carbocycles. The van der Waals surface area contributed by atoms with E-state index in [1.807, 2.05) is 0 Å². The highest BCUT2D eigenvalue weighted by Gasteiger charge is 2.05. The average molecular weight is 261 g/mol. The molecule has 4 nitrogen and oxygen atoms in total. The summed E-state index contributed by atoms with van der Waals surface area (Å²) in [5.74, 6) is -0.321. The van der Waals surface area contributed by atoms with Gasteiger partial charge in [-0.15, -0.1) is 0 Å². The highest BCUT2D eigenvalue weighted by atomic mass is 32.2. The summed E-state index contributed by atoms with van der Waals surface area (Å²) < 4.78 is 40.2.